The molecule has 1 saturated carbocycles. The molecular formula is C27H28FNO2. The van der Waals surface area contributed by atoms with Crippen molar-refractivity contribution in [2.75, 3.05) is 0 Å². The summed E-state index contributed by atoms with van der Waals surface area (Å²) in [7, 11) is 0. The Balaban J connectivity index is 1.60. The van der Waals surface area contributed by atoms with E-state index in [1.54, 1.807) is 42.5 Å². The van der Waals surface area contributed by atoms with E-state index in [-0.39, 0.29) is 29.4 Å². The van der Waals surface area contributed by atoms with Crippen LogP contribution in [0, 0.1) is 17.7 Å². The van der Waals surface area contributed by atoms with Crippen LogP contribution >= 0.6 is 0 Å². The molecule has 0 unspecified atom stereocenters. The van der Waals surface area contributed by atoms with Gasteiger partial charge in [0.25, 0.3) is 5.91 Å². The summed E-state index contributed by atoms with van der Waals surface area (Å²) < 4.78 is 15.3. The van der Waals surface area contributed by atoms with Gasteiger partial charge >= 0.3 is 0 Å². The van der Waals surface area contributed by atoms with Gasteiger partial charge in [0, 0.05) is 11.1 Å². The van der Waals surface area contributed by atoms with Crippen LogP contribution in [-0.2, 0) is 0 Å². The minimum atomic E-state index is -0.344. The molecule has 0 aliphatic heterocycles. The van der Waals surface area contributed by atoms with Crippen LogP contribution in [0.4, 0.5) is 4.39 Å². The monoisotopic (exact) mass is 417 g/mol. The second-order valence-corrected chi connectivity index (χ2v) is 8.40. The van der Waals surface area contributed by atoms with Crippen molar-refractivity contribution in [1.82, 2.24) is 5.32 Å². The summed E-state index contributed by atoms with van der Waals surface area (Å²) in [5.74, 6) is 0.473. The number of carbonyl (C=O) groups is 1. The zero-order valence-electron chi connectivity index (χ0n) is 17.7. The van der Waals surface area contributed by atoms with Crippen LogP contribution in [0.2, 0.25) is 0 Å². The van der Waals surface area contributed by atoms with Gasteiger partial charge in [0.2, 0.25) is 0 Å². The Morgan fingerprint density at radius 1 is 1.06 bits per heavy atom. The number of phenolic OH excluding ortho intramolecular Hbond substituents is 1. The largest absolute Gasteiger partial charge is 0.508 e. The van der Waals surface area contributed by atoms with Crippen molar-refractivity contribution >= 4 is 5.91 Å². The van der Waals surface area contributed by atoms with E-state index < -0.39 is 0 Å². The summed E-state index contributed by atoms with van der Waals surface area (Å²) in [5, 5.41) is 12.6. The number of aromatic hydroxyl groups is 1. The molecule has 0 radical (unpaired) electrons. The maximum atomic E-state index is 15.3. The highest BCUT2D eigenvalue weighted by Crippen LogP contribution is 2.50. The highest BCUT2D eigenvalue weighted by atomic mass is 19.1. The molecule has 0 bridgehead atoms. The lowest BCUT2D eigenvalue weighted by molar-refractivity contribution is 0.0929. The Morgan fingerprint density at radius 2 is 1.77 bits per heavy atom. The number of hydrogen-bond donors (Lipinski definition) is 2. The predicted octanol–water partition coefficient (Wildman–Crippen LogP) is 6.50. The van der Waals surface area contributed by atoms with Crippen LogP contribution in [0.15, 0.2) is 72.8 Å². The Bertz CT molecular complexity index is 1030. The fourth-order valence-corrected chi connectivity index (χ4v) is 4.32. The summed E-state index contributed by atoms with van der Waals surface area (Å²) in [6.45, 7) is 2.17. The minimum absolute atomic E-state index is 0.172. The van der Waals surface area contributed by atoms with E-state index in [4.69, 9.17) is 0 Å². The molecule has 1 fully saturated rings. The number of hydrogen-bond acceptors (Lipinski definition) is 2. The predicted molar refractivity (Wildman–Crippen MR) is 121 cm³/mol. The average molecular weight is 418 g/mol. The molecule has 2 N–H and O–H groups in total. The molecule has 160 valence electrons. The number of rotatable bonds is 8. The van der Waals surface area contributed by atoms with Gasteiger partial charge in [0.05, 0.1) is 6.04 Å². The van der Waals surface area contributed by atoms with Gasteiger partial charge in [-0.3, -0.25) is 4.79 Å². The molecule has 3 aromatic carbocycles. The molecule has 0 saturated heterocycles. The van der Waals surface area contributed by atoms with Crippen molar-refractivity contribution in [2.45, 2.75) is 38.6 Å². The van der Waals surface area contributed by atoms with E-state index in [0.717, 1.165) is 36.8 Å². The maximum absolute atomic E-state index is 15.3. The lowest BCUT2D eigenvalue weighted by Crippen LogP contribution is -2.31. The molecule has 4 heteroatoms. The molecule has 0 aromatic heterocycles. The van der Waals surface area contributed by atoms with Crippen molar-refractivity contribution in [3.63, 3.8) is 0 Å². The molecule has 1 aliphatic rings. The van der Waals surface area contributed by atoms with Gasteiger partial charge in [-0.05, 0) is 59.7 Å². The van der Waals surface area contributed by atoms with Gasteiger partial charge in [-0.25, -0.2) is 4.39 Å². The van der Waals surface area contributed by atoms with Crippen LogP contribution in [0.5, 0.6) is 5.75 Å². The number of nitrogens with one attached hydrogen (secondary N) is 1. The zero-order valence-corrected chi connectivity index (χ0v) is 17.7. The zero-order chi connectivity index (χ0) is 21.8. The second kappa shape index (κ2) is 9.34. The van der Waals surface area contributed by atoms with Crippen LogP contribution in [0.1, 0.15) is 54.6 Å². The maximum Gasteiger partial charge on any atom is 0.251 e. The van der Waals surface area contributed by atoms with Crippen LogP contribution < -0.4 is 5.32 Å². The van der Waals surface area contributed by atoms with Crippen molar-refractivity contribution in [3.8, 4) is 16.9 Å². The van der Waals surface area contributed by atoms with E-state index in [2.05, 4.69) is 12.2 Å². The second-order valence-electron chi connectivity index (χ2n) is 8.40. The fourth-order valence-electron chi connectivity index (χ4n) is 4.32. The van der Waals surface area contributed by atoms with Gasteiger partial charge in [0.15, 0.2) is 0 Å². The molecule has 4 rings (SSSR count). The topological polar surface area (TPSA) is 49.3 Å². The number of amides is 1. The number of benzene rings is 3. The lowest BCUT2D eigenvalue weighted by Gasteiger charge is -2.21. The molecular weight excluding hydrogens is 389 g/mol. The summed E-state index contributed by atoms with van der Waals surface area (Å²) >= 11 is 0. The molecule has 1 amide bonds. The Morgan fingerprint density at radius 3 is 2.45 bits per heavy atom. The third kappa shape index (κ3) is 4.96. The summed E-state index contributed by atoms with van der Waals surface area (Å²) in [5.41, 5.74) is 2.70. The molecule has 3 nitrogen and oxygen atoms in total. The van der Waals surface area contributed by atoms with Crippen molar-refractivity contribution < 1.29 is 14.3 Å². The Hall–Kier alpha value is -3.14. The van der Waals surface area contributed by atoms with E-state index in [9.17, 15) is 9.90 Å². The van der Waals surface area contributed by atoms with Crippen LogP contribution in [0.25, 0.3) is 11.1 Å². The first-order valence-corrected chi connectivity index (χ1v) is 11.0. The van der Waals surface area contributed by atoms with E-state index in [1.807, 2.05) is 24.3 Å². The van der Waals surface area contributed by atoms with E-state index >= 15 is 4.39 Å². The number of carbonyl (C=O) groups excluding carboxylic acids is 1. The van der Waals surface area contributed by atoms with E-state index in [1.165, 1.54) is 6.07 Å². The standard InChI is InChI=1S/C27H28FNO2/c1-2-3-7-21-16-24(21)26(29-27(31)19-8-5-4-6-9-19)23-15-12-20(17-25(23)28)18-10-13-22(30)14-11-18/h4-6,8-15,17,21,24,26,30H,2-3,7,16H2,1H3,(H,29,31)/t21-,24+,26+/m1/s1. The number of halogens is 1. The Kier molecular flexibility index (Phi) is 6.36. The van der Waals surface area contributed by atoms with Gasteiger partial charge in [-0.1, -0.05) is 68.7 Å². The van der Waals surface area contributed by atoms with Crippen LogP contribution in [0.3, 0.4) is 0 Å². The minimum Gasteiger partial charge on any atom is -0.508 e. The quantitative estimate of drug-likeness (QED) is 0.440. The highest BCUT2D eigenvalue weighted by Gasteiger charge is 2.44. The highest BCUT2D eigenvalue weighted by molar-refractivity contribution is 5.94. The average Bonchev–Trinajstić information content (AvgIpc) is 3.56. The molecule has 3 aromatic rings. The van der Waals surface area contributed by atoms with Gasteiger partial charge < -0.3 is 10.4 Å². The summed E-state index contributed by atoms with van der Waals surface area (Å²) in [6.07, 6.45) is 4.42. The third-order valence-corrected chi connectivity index (χ3v) is 6.19. The summed E-state index contributed by atoms with van der Waals surface area (Å²) in [4.78, 5) is 12.9. The van der Waals surface area contributed by atoms with Gasteiger partial charge in [0.1, 0.15) is 11.6 Å². The van der Waals surface area contributed by atoms with E-state index in [0.29, 0.717) is 17.0 Å². The third-order valence-electron chi connectivity index (χ3n) is 6.19. The van der Waals surface area contributed by atoms with Crippen molar-refractivity contribution in [2.24, 2.45) is 11.8 Å². The fraction of sp³-hybridized carbons (Fsp3) is 0.296. The van der Waals surface area contributed by atoms with Crippen molar-refractivity contribution in [3.05, 3.63) is 89.7 Å². The number of unbranched alkanes of at least 4 members (excludes halogenated alkanes) is 1. The van der Waals surface area contributed by atoms with Crippen LogP contribution in [-0.4, -0.2) is 11.0 Å². The first kappa shape index (κ1) is 21.1. The SMILES string of the molecule is CCCC[C@@H]1C[C@@H]1[C@@H](NC(=O)c1ccccc1)c1ccc(-c2ccc(O)cc2)cc1F. The summed E-state index contributed by atoms with van der Waals surface area (Å²) in [6, 6.07) is 20.7. The molecule has 3 atom stereocenters. The smallest absolute Gasteiger partial charge is 0.251 e. The molecule has 1 aliphatic carbocycles. The number of phenols is 1. The first-order chi connectivity index (χ1) is 15.1. The van der Waals surface area contributed by atoms with Crippen molar-refractivity contribution in [1.29, 1.82) is 0 Å². The molecule has 31 heavy (non-hydrogen) atoms. The Labute approximate surface area is 182 Å². The molecule has 0 spiro atoms. The first-order valence-electron chi connectivity index (χ1n) is 11.0. The van der Waals surface area contributed by atoms with Gasteiger partial charge in [-0.15, -0.1) is 0 Å². The molecule has 0 heterocycles. The lowest BCUT2D eigenvalue weighted by atomic mass is 9.95. The van der Waals surface area contributed by atoms with Gasteiger partial charge in [-0.2, -0.15) is 0 Å². The normalized spacial score (nSPS) is 18.4.